The lowest BCUT2D eigenvalue weighted by atomic mass is 10.2. The van der Waals surface area contributed by atoms with Gasteiger partial charge in [-0.05, 0) is 25.1 Å². The molecule has 2 aromatic rings. The van der Waals surface area contributed by atoms with Crippen molar-refractivity contribution in [2.24, 2.45) is 0 Å². The van der Waals surface area contributed by atoms with Crippen molar-refractivity contribution in [3.8, 4) is 17.8 Å². The molecule has 0 spiro atoms. The number of rotatable bonds is 3. The first-order chi connectivity index (χ1) is 8.24. The van der Waals surface area contributed by atoms with Gasteiger partial charge in [0.2, 0.25) is 0 Å². The Morgan fingerprint density at radius 2 is 2.35 bits per heavy atom. The van der Waals surface area contributed by atoms with Crippen molar-refractivity contribution < 1.29 is 4.74 Å². The van der Waals surface area contributed by atoms with Gasteiger partial charge in [0.15, 0.2) is 0 Å². The number of nitrogen functional groups attached to an aromatic ring is 1. The highest BCUT2D eigenvalue weighted by Crippen LogP contribution is 2.25. The van der Waals surface area contributed by atoms with Crippen LogP contribution in [-0.2, 0) is 6.54 Å². The first-order valence-electron chi connectivity index (χ1n) is 5.23. The summed E-state index contributed by atoms with van der Waals surface area (Å²) >= 11 is 0. The van der Waals surface area contributed by atoms with Crippen LogP contribution < -0.4 is 10.5 Å². The summed E-state index contributed by atoms with van der Waals surface area (Å²) in [6.45, 7) is 2.74. The Bertz CT molecular complexity index is 568. The van der Waals surface area contributed by atoms with E-state index in [1.54, 1.807) is 24.4 Å². The molecule has 0 saturated heterocycles. The molecule has 5 nitrogen and oxygen atoms in total. The van der Waals surface area contributed by atoms with Gasteiger partial charge in [0.1, 0.15) is 11.8 Å². The molecule has 0 aliphatic carbocycles. The predicted octanol–water partition coefficient (Wildman–Crippen LogP) is 2.15. The largest absolute Gasteiger partial charge is 0.424 e. The fourth-order valence-corrected chi connectivity index (χ4v) is 1.46. The molecule has 2 rings (SSSR count). The summed E-state index contributed by atoms with van der Waals surface area (Å²) in [7, 11) is 0. The average molecular weight is 228 g/mol. The summed E-state index contributed by atoms with van der Waals surface area (Å²) in [5.74, 6) is 0.461. The number of aromatic nitrogens is 2. The van der Waals surface area contributed by atoms with Gasteiger partial charge in [-0.25, -0.2) is 4.98 Å². The lowest BCUT2D eigenvalue weighted by Gasteiger charge is -2.08. The van der Waals surface area contributed by atoms with Crippen LogP contribution in [0, 0.1) is 11.3 Å². The summed E-state index contributed by atoms with van der Waals surface area (Å²) in [6.07, 6.45) is 3.47. The van der Waals surface area contributed by atoms with Crippen LogP contribution in [0.25, 0.3) is 0 Å². The maximum atomic E-state index is 8.99. The van der Waals surface area contributed by atoms with Gasteiger partial charge < -0.3 is 15.0 Å². The third kappa shape index (κ3) is 2.21. The summed E-state index contributed by atoms with van der Waals surface area (Å²) < 4.78 is 7.44. The van der Waals surface area contributed by atoms with E-state index >= 15 is 0 Å². The number of hydrogen-bond donors (Lipinski definition) is 1. The van der Waals surface area contributed by atoms with Gasteiger partial charge in [-0.2, -0.15) is 5.26 Å². The van der Waals surface area contributed by atoms with Crippen LogP contribution in [0.5, 0.6) is 11.8 Å². The lowest BCUT2D eigenvalue weighted by molar-refractivity contribution is 0.414. The zero-order valence-electron chi connectivity index (χ0n) is 9.42. The molecule has 0 fully saturated rings. The third-order valence-corrected chi connectivity index (χ3v) is 2.34. The number of benzene rings is 1. The van der Waals surface area contributed by atoms with Crippen LogP contribution in [0.3, 0.4) is 0 Å². The maximum absolute atomic E-state index is 8.99. The number of anilines is 1. The van der Waals surface area contributed by atoms with E-state index in [0.717, 1.165) is 6.54 Å². The van der Waals surface area contributed by atoms with Gasteiger partial charge in [0.05, 0.1) is 5.56 Å². The predicted molar refractivity (Wildman–Crippen MR) is 63.5 cm³/mol. The van der Waals surface area contributed by atoms with E-state index in [-0.39, 0.29) is 0 Å². The third-order valence-electron chi connectivity index (χ3n) is 2.34. The molecule has 17 heavy (non-hydrogen) atoms. The molecular weight excluding hydrogens is 216 g/mol. The second-order valence-electron chi connectivity index (χ2n) is 3.47. The van der Waals surface area contributed by atoms with Gasteiger partial charge in [-0.15, -0.1) is 0 Å². The highest BCUT2D eigenvalue weighted by Gasteiger charge is 2.08. The summed E-state index contributed by atoms with van der Waals surface area (Å²) in [5.41, 5.74) is 6.54. The van der Waals surface area contributed by atoms with E-state index in [9.17, 15) is 0 Å². The van der Waals surface area contributed by atoms with Crippen LogP contribution in [-0.4, -0.2) is 9.55 Å². The van der Waals surface area contributed by atoms with E-state index in [1.807, 2.05) is 23.8 Å². The first kappa shape index (κ1) is 11.0. The second kappa shape index (κ2) is 4.58. The summed E-state index contributed by atoms with van der Waals surface area (Å²) in [6, 6.07) is 7.45. The van der Waals surface area contributed by atoms with Crippen LogP contribution >= 0.6 is 0 Å². The molecule has 0 amide bonds. The number of ether oxygens (including phenoxy) is 1. The summed E-state index contributed by atoms with van der Waals surface area (Å²) in [5, 5.41) is 8.99. The molecule has 5 heteroatoms. The average Bonchev–Trinajstić information content (AvgIpc) is 2.78. The fourth-order valence-electron chi connectivity index (χ4n) is 1.46. The zero-order valence-corrected chi connectivity index (χ0v) is 9.42. The first-order valence-corrected chi connectivity index (χ1v) is 5.23. The molecule has 2 N–H and O–H groups in total. The number of imidazole rings is 1. The minimum atomic E-state index is 0.399. The van der Waals surface area contributed by atoms with Gasteiger partial charge in [-0.1, -0.05) is 0 Å². The molecule has 0 aliphatic heterocycles. The van der Waals surface area contributed by atoms with Crippen molar-refractivity contribution in [2.75, 3.05) is 5.73 Å². The molecule has 1 aromatic heterocycles. The molecule has 0 unspecified atom stereocenters. The second-order valence-corrected chi connectivity index (χ2v) is 3.47. The van der Waals surface area contributed by atoms with Crippen LogP contribution in [0.2, 0.25) is 0 Å². The molecule has 86 valence electrons. The number of nitrogens with two attached hydrogens (primary N) is 1. The normalized spacial score (nSPS) is 9.88. The Balaban J connectivity index is 2.34. The zero-order chi connectivity index (χ0) is 12.3. The number of aryl methyl sites for hydroxylation is 1. The van der Waals surface area contributed by atoms with E-state index in [4.69, 9.17) is 15.7 Å². The minimum absolute atomic E-state index is 0.399. The Hall–Kier alpha value is -2.48. The highest BCUT2D eigenvalue weighted by atomic mass is 16.5. The Kier molecular flexibility index (Phi) is 2.97. The molecule has 0 aliphatic rings. The van der Waals surface area contributed by atoms with E-state index < -0.39 is 0 Å². The number of nitrogens with zero attached hydrogens (tertiary/aromatic N) is 3. The topological polar surface area (TPSA) is 76.9 Å². The molecular formula is C12H12N4O. The molecule has 0 bridgehead atoms. The van der Waals surface area contributed by atoms with Gasteiger partial charge in [-0.3, -0.25) is 0 Å². The Morgan fingerprint density at radius 3 is 3.06 bits per heavy atom. The van der Waals surface area contributed by atoms with Crippen molar-refractivity contribution in [1.82, 2.24) is 9.55 Å². The lowest BCUT2D eigenvalue weighted by Crippen LogP contribution is -1.99. The molecule has 0 atom stereocenters. The van der Waals surface area contributed by atoms with Crippen molar-refractivity contribution >= 4 is 5.69 Å². The van der Waals surface area contributed by atoms with Crippen molar-refractivity contribution in [3.63, 3.8) is 0 Å². The SMILES string of the molecule is CCn1ccnc1Oc1ccc(N)cc1C#N. The maximum Gasteiger partial charge on any atom is 0.301 e. The van der Waals surface area contributed by atoms with Crippen LogP contribution in [0.1, 0.15) is 12.5 Å². The Labute approximate surface area is 99.1 Å². The van der Waals surface area contributed by atoms with Crippen molar-refractivity contribution in [2.45, 2.75) is 13.5 Å². The number of nitriles is 1. The molecule has 1 heterocycles. The fraction of sp³-hybridized carbons (Fsp3) is 0.167. The smallest absolute Gasteiger partial charge is 0.301 e. The van der Waals surface area contributed by atoms with Crippen LogP contribution in [0.15, 0.2) is 30.6 Å². The highest BCUT2D eigenvalue weighted by molar-refractivity contribution is 5.53. The minimum Gasteiger partial charge on any atom is -0.424 e. The molecule has 0 radical (unpaired) electrons. The van der Waals surface area contributed by atoms with E-state index in [2.05, 4.69) is 4.98 Å². The van der Waals surface area contributed by atoms with Gasteiger partial charge >= 0.3 is 6.01 Å². The van der Waals surface area contributed by atoms with Crippen molar-refractivity contribution in [3.05, 3.63) is 36.2 Å². The monoisotopic (exact) mass is 228 g/mol. The summed E-state index contributed by atoms with van der Waals surface area (Å²) in [4.78, 5) is 4.08. The van der Waals surface area contributed by atoms with Gasteiger partial charge in [0.25, 0.3) is 0 Å². The number of hydrogen-bond acceptors (Lipinski definition) is 4. The molecule has 1 aromatic carbocycles. The van der Waals surface area contributed by atoms with Crippen molar-refractivity contribution in [1.29, 1.82) is 5.26 Å². The van der Waals surface area contributed by atoms with Crippen LogP contribution in [0.4, 0.5) is 5.69 Å². The van der Waals surface area contributed by atoms with E-state index in [0.29, 0.717) is 23.0 Å². The van der Waals surface area contributed by atoms with E-state index in [1.165, 1.54) is 0 Å². The standard InChI is InChI=1S/C12H12N4O/c1-2-16-6-5-15-12(16)17-11-4-3-10(14)7-9(11)8-13/h3-7H,2,14H2,1H3. The van der Waals surface area contributed by atoms with Gasteiger partial charge in [0, 0.05) is 24.6 Å². The molecule has 0 saturated carbocycles. The Morgan fingerprint density at radius 1 is 1.53 bits per heavy atom. The quantitative estimate of drug-likeness (QED) is 0.816.